The molecule has 0 spiro atoms. The van der Waals surface area contributed by atoms with E-state index in [4.69, 9.17) is 10.5 Å². The molecule has 0 bridgehead atoms. The van der Waals surface area contributed by atoms with Gasteiger partial charge < -0.3 is 15.6 Å². The lowest BCUT2D eigenvalue weighted by molar-refractivity contribution is 0.182. The summed E-state index contributed by atoms with van der Waals surface area (Å²) in [5.41, 5.74) is 7.35. The van der Waals surface area contributed by atoms with Gasteiger partial charge in [-0.05, 0) is 31.0 Å². The second-order valence-electron chi connectivity index (χ2n) is 3.29. The van der Waals surface area contributed by atoms with Crippen LogP contribution in [0.2, 0.25) is 0 Å². The van der Waals surface area contributed by atoms with E-state index in [9.17, 15) is 5.11 Å². The molecule has 0 aliphatic heterocycles. The summed E-state index contributed by atoms with van der Waals surface area (Å²) in [5, 5.41) is 9.61. The van der Waals surface area contributed by atoms with Crippen LogP contribution in [0.25, 0.3) is 0 Å². The zero-order chi connectivity index (χ0) is 10.4. The number of rotatable bonds is 5. The number of hydrogen-bond acceptors (Lipinski definition) is 3. The number of methoxy groups -OCH3 is 1. The van der Waals surface area contributed by atoms with E-state index in [1.807, 2.05) is 12.1 Å². The summed E-state index contributed by atoms with van der Waals surface area (Å²) < 4.78 is 4.95. The van der Waals surface area contributed by atoms with E-state index in [0.717, 1.165) is 24.0 Å². The monoisotopic (exact) mass is 195 g/mol. The highest BCUT2D eigenvalue weighted by atomic mass is 16.5. The van der Waals surface area contributed by atoms with Crippen molar-refractivity contribution in [3.63, 3.8) is 0 Å². The smallest absolute Gasteiger partial charge is 0.121 e. The van der Waals surface area contributed by atoms with Crippen LogP contribution in [0.4, 0.5) is 0 Å². The fraction of sp³-hybridized carbons (Fsp3) is 0.455. The van der Waals surface area contributed by atoms with Crippen LogP contribution in [0.3, 0.4) is 0 Å². The van der Waals surface area contributed by atoms with Gasteiger partial charge in [0.1, 0.15) is 5.75 Å². The van der Waals surface area contributed by atoms with E-state index in [0.29, 0.717) is 18.9 Å². The van der Waals surface area contributed by atoms with Gasteiger partial charge in [0.2, 0.25) is 0 Å². The molecule has 1 rings (SSSR count). The molecule has 0 fully saturated rings. The molecule has 1 aromatic rings. The quantitative estimate of drug-likeness (QED) is 0.747. The summed E-state index contributed by atoms with van der Waals surface area (Å²) in [4.78, 5) is 0. The average molecular weight is 195 g/mol. The highest BCUT2D eigenvalue weighted by Gasteiger charge is 2.01. The van der Waals surface area contributed by atoms with Crippen molar-refractivity contribution in [1.82, 2.24) is 0 Å². The third-order valence-corrected chi connectivity index (χ3v) is 2.12. The van der Waals surface area contributed by atoms with E-state index in [1.54, 1.807) is 13.2 Å². The van der Waals surface area contributed by atoms with Crippen molar-refractivity contribution in [2.24, 2.45) is 5.73 Å². The Morgan fingerprint density at radius 1 is 1.43 bits per heavy atom. The molecule has 0 saturated carbocycles. The Balaban J connectivity index is 2.68. The molecule has 0 radical (unpaired) electrons. The van der Waals surface area contributed by atoms with Crippen molar-refractivity contribution in [2.75, 3.05) is 13.7 Å². The Morgan fingerprint density at radius 3 is 2.79 bits per heavy atom. The third-order valence-electron chi connectivity index (χ3n) is 2.12. The first-order valence-electron chi connectivity index (χ1n) is 4.77. The van der Waals surface area contributed by atoms with Crippen molar-refractivity contribution >= 4 is 0 Å². The van der Waals surface area contributed by atoms with Crippen molar-refractivity contribution < 1.29 is 9.84 Å². The number of benzene rings is 1. The van der Waals surface area contributed by atoms with Crippen LogP contribution >= 0.6 is 0 Å². The Hall–Kier alpha value is -1.06. The number of aromatic hydroxyl groups is 1. The number of phenolic OH excluding ortho intramolecular Hbond substituents is 1. The first-order chi connectivity index (χ1) is 6.77. The predicted molar refractivity (Wildman–Crippen MR) is 56.2 cm³/mol. The topological polar surface area (TPSA) is 55.5 Å². The lowest BCUT2D eigenvalue weighted by Gasteiger charge is -2.06. The minimum absolute atomic E-state index is 0.307. The first kappa shape index (κ1) is 11.0. The summed E-state index contributed by atoms with van der Waals surface area (Å²) in [5.74, 6) is 0.307. The molecule has 1 aromatic carbocycles. The minimum Gasteiger partial charge on any atom is -0.508 e. The maximum atomic E-state index is 9.61. The third kappa shape index (κ3) is 3.01. The van der Waals surface area contributed by atoms with Gasteiger partial charge in [-0.1, -0.05) is 12.1 Å². The molecule has 0 amide bonds. The van der Waals surface area contributed by atoms with E-state index in [2.05, 4.69) is 0 Å². The average Bonchev–Trinajstić information content (AvgIpc) is 2.19. The summed E-state index contributed by atoms with van der Waals surface area (Å²) in [6.07, 6.45) is 1.86. The molecule has 3 nitrogen and oxygen atoms in total. The number of hydrogen-bond donors (Lipinski definition) is 2. The van der Waals surface area contributed by atoms with E-state index in [-0.39, 0.29) is 0 Å². The molecule has 0 aromatic heterocycles. The number of ether oxygens (including phenoxy) is 1. The zero-order valence-corrected chi connectivity index (χ0v) is 8.49. The van der Waals surface area contributed by atoms with Gasteiger partial charge in [0.25, 0.3) is 0 Å². The van der Waals surface area contributed by atoms with Crippen LogP contribution < -0.4 is 5.73 Å². The van der Waals surface area contributed by atoms with Crippen molar-refractivity contribution in [3.05, 3.63) is 29.3 Å². The van der Waals surface area contributed by atoms with E-state index in [1.165, 1.54) is 0 Å². The molecule has 3 heteroatoms. The standard InChI is InChI=1S/C11H17NO2/c1-14-8-10-5-4-9(3-2-6-12)7-11(10)13/h4-5,7,13H,2-3,6,8,12H2,1H3. The maximum absolute atomic E-state index is 9.61. The van der Waals surface area contributed by atoms with Crippen LogP contribution in [0, 0.1) is 0 Å². The van der Waals surface area contributed by atoms with Crippen molar-refractivity contribution in [2.45, 2.75) is 19.4 Å². The Morgan fingerprint density at radius 2 is 2.21 bits per heavy atom. The van der Waals surface area contributed by atoms with Gasteiger partial charge in [-0.3, -0.25) is 0 Å². The lowest BCUT2D eigenvalue weighted by atomic mass is 10.1. The van der Waals surface area contributed by atoms with E-state index < -0.39 is 0 Å². The molecule has 0 unspecified atom stereocenters. The van der Waals surface area contributed by atoms with Crippen LogP contribution in [-0.4, -0.2) is 18.8 Å². The summed E-state index contributed by atoms with van der Waals surface area (Å²) in [6.45, 7) is 1.13. The van der Waals surface area contributed by atoms with Gasteiger partial charge >= 0.3 is 0 Å². The molecule has 0 aliphatic carbocycles. The second kappa shape index (κ2) is 5.62. The Kier molecular flexibility index (Phi) is 4.43. The zero-order valence-electron chi connectivity index (χ0n) is 8.49. The van der Waals surface area contributed by atoms with Gasteiger partial charge in [-0.15, -0.1) is 0 Å². The van der Waals surface area contributed by atoms with Gasteiger partial charge in [0.15, 0.2) is 0 Å². The number of phenols is 1. The number of aryl methyl sites for hydroxylation is 1. The first-order valence-corrected chi connectivity index (χ1v) is 4.77. The van der Waals surface area contributed by atoms with Crippen LogP contribution in [-0.2, 0) is 17.8 Å². The van der Waals surface area contributed by atoms with Crippen LogP contribution in [0.15, 0.2) is 18.2 Å². The van der Waals surface area contributed by atoms with Crippen molar-refractivity contribution in [1.29, 1.82) is 0 Å². The summed E-state index contributed by atoms with van der Waals surface area (Å²) in [6, 6.07) is 5.68. The lowest BCUT2D eigenvalue weighted by Crippen LogP contribution is -2.00. The molecule has 3 N–H and O–H groups in total. The molecule has 0 aliphatic rings. The highest BCUT2D eigenvalue weighted by Crippen LogP contribution is 2.20. The Bertz CT molecular complexity index is 287. The van der Waals surface area contributed by atoms with Gasteiger partial charge in [-0.2, -0.15) is 0 Å². The molecule has 0 saturated heterocycles. The van der Waals surface area contributed by atoms with Crippen LogP contribution in [0.1, 0.15) is 17.5 Å². The molecule has 78 valence electrons. The molecule has 14 heavy (non-hydrogen) atoms. The fourth-order valence-electron chi connectivity index (χ4n) is 1.35. The Labute approximate surface area is 84.5 Å². The maximum Gasteiger partial charge on any atom is 0.121 e. The van der Waals surface area contributed by atoms with Gasteiger partial charge in [-0.25, -0.2) is 0 Å². The largest absolute Gasteiger partial charge is 0.508 e. The fourth-order valence-corrected chi connectivity index (χ4v) is 1.35. The SMILES string of the molecule is COCc1ccc(CCCN)cc1O. The van der Waals surface area contributed by atoms with Crippen LogP contribution in [0.5, 0.6) is 5.75 Å². The summed E-state index contributed by atoms with van der Waals surface area (Å²) >= 11 is 0. The minimum atomic E-state index is 0.307. The molecule has 0 heterocycles. The molecular weight excluding hydrogens is 178 g/mol. The van der Waals surface area contributed by atoms with Gasteiger partial charge in [0.05, 0.1) is 6.61 Å². The normalized spacial score (nSPS) is 10.4. The van der Waals surface area contributed by atoms with E-state index >= 15 is 0 Å². The highest BCUT2D eigenvalue weighted by molar-refractivity contribution is 5.36. The molecular formula is C11H17NO2. The summed E-state index contributed by atoms with van der Waals surface area (Å²) in [7, 11) is 1.61. The van der Waals surface area contributed by atoms with Crippen molar-refractivity contribution in [3.8, 4) is 5.75 Å². The predicted octanol–water partition coefficient (Wildman–Crippen LogP) is 1.43. The number of nitrogens with two attached hydrogens (primary N) is 1. The molecule has 0 atom stereocenters. The van der Waals surface area contributed by atoms with Gasteiger partial charge in [0, 0.05) is 12.7 Å². The second-order valence-corrected chi connectivity index (χ2v) is 3.29.